The minimum absolute atomic E-state index is 0.120. The number of amides is 1. The molecule has 1 aromatic heterocycles. The Balaban J connectivity index is 1.32. The molecule has 1 amide bonds. The number of ether oxygens (including phenoxy) is 1. The first-order valence-corrected chi connectivity index (χ1v) is 10.6. The van der Waals surface area contributed by atoms with E-state index in [4.69, 9.17) is 16.3 Å². The van der Waals surface area contributed by atoms with E-state index in [-0.39, 0.29) is 18.7 Å². The highest BCUT2D eigenvalue weighted by atomic mass is 79.9. The van der Waals surface area contributed by atoms with Gasteiger partial charge in [0.05, 0.1) is 5.02 Å². The van der Waals surface area contributed by atoms with Crippen LogP contribution in [0.5, 0.6) is 5.75 Å². The number of nitrogens with one attached hydrogen (secondary N) is 1. The van der Waals surface area contributed by atoms with E-state index >= 15 is 0 Å². The maximum Gasteiger partial charge on any atom is 0.271 e. The van der Waals surface area contributed by atoms with E-state index in [0.29, 0.717) is 22.4 Å². The number of benzene rings is 1. The highest BCUT2D eigenvalue weighted by Gasteiger charge is 2.42. The van der Waals surface area contributed by atoms with Crippen LogP contribution in [-0.2, 0) is 6.73 Å². The van der Waals surface area contributed by atoms with Crippen LogP contribution in [-0.4, -0.2) is 21.7 Å². The molecule has 4 atom stereocenters. The Kier molecular flexibility index (Phi) is 5.46. The number of rotatable bonds is 6. The molecule has 4 rings (SSSR count). The fourth-order valence-corrected chi connectivity index (χ4v) is 5.30. The maximum absolute atomic E-state index is 12.5. The van der Waals surface area contributed by atoms with Gasteiger partial charge in [-0.3, -0.25) is 4.79 Å². The Hall–Kier alpha value is -1.53. The fraction of sp³-hybridized carbons (Fsp3) is 0.500. The van der Waals surface area contributed by atoms with Crippen molar-refractivity contribution in [1.29, 1.82) is 0 Å². The Morgan fingerprint density at radius 3 is 2.96 bits per heavy atom. The number of carbonyl (C=O) groups excluding carboxylic acids is 1. The van der Waals surface area contributed by atoms with Gasteiger partial charge < -0.3 is 10.1 Å². The molecule has 4 unspecified atom stereocenters. The largest absolute Gasteiger partial charge is 0.470 e. The van der Waals surface area contributed by atoms with Crippen molar-refractivity contribution in [2.45, 2.75) is 45.4 Å². The second kappa shape index (κ2) is 7.84. The third-order valence-corrected chi connectivity index (χ3v) is 6.70. The van der Waals surface area contributed by atoms with Crippen molar-refractivity contribution in [3.8, 4) is 5.75 Å². The third-order valence-electron chi connectivity index (χ3n) is 5.91. The summed E-state index contributed by atoms with van der Waals surface area (Å²) in [6, 6.07) is 7.34. The summed E-state index contributed by atoms with van der Waals surface area (Å²) in [7, 11) is 0. The zero-order valence-corrected chi connectivity index (χ0v) is 17.5. The summed E-state index contributed by atoms with van der Waals surface area (Å²) < 4.78 is 8.17. The molecule has 2 bridgehead atoms. The summed E-state index contributed by atoms with van der Waals surface area (Å²) in [5.41, 5.74) is 0.413. The SMILES string of the molecule is CC(NC(=O)c1ccn(COc2ccc(Br)cc2Cl)n1)C1CC2CCC1C2. The van der Waals surface area contributed by atoms with Crippen molar-refractivity contribution < 1.29 is 9.53 Å². The van der Waals surface area contributed by atoms with Crippen molar-refractivity contribution in [2.75, 3.05) is 0 Å². The van der Waals surface area contributed by atoms with Crippen molar-refractivity contribution >= 4 is 33.4 Å². The van der Waals surface area contributed by atoms with Gasteiger partial charge in [0, 0.05) is 16.7 Å². The summed E-state index contributed by atoms with van der Waals surface area (Å²) in [5, 5.41) is 7.99. The van der Waals surface area contributed by atoms with Crippen LogP contribution in [0.4, 0.5) is 0 Å². The number of carbonyl (C=O) groups is 1. The van der Waals surface area contributed by atoms with Crippen LogP contribution in [0, 0.1) is 17.8 Å². The first-order valence-electron chi connectivity index (χ1n) is 9.42. The summed E-state index contributed by atoms with van der Waals surface area (Å²) in [6.07, 6.45) is 7.02. The normalized spacial score (nSPS) is 24.8. The molecule has 2 aliphatic carbocycles. The van der Waals surface area contributed by atoms with Crippen molar-refractivity contribution in [3.05, 3.63) is 45.7 Å². The molecule has 1 N–H and O–H groups in total. The van der Waals surface area contributed by atoms with Crippen molar-refractivity contribution in [1.82, 2.24) is 15.1 Å². The summed E-state index contributed by atoms with van der Waals surface area (Å²) >= 11 is 9.51. The van der Waals surface area contributed by atoms with Crippen molar-refractivity contribution in [2.24, 2.45) is 17.8 Å². The summed E-state index contributed by atoms with van der Waals surface area (Å²) in [4.78, 5) is 12.5. The summed E-state index contributed by atoms with van der Waals surface area (Å²) in [5.74, 6) is 2.72. The molecule has 144 valence electrons. The number of fused-ring (bicyclic) bond motifs is 2. The molecule has 2 fully saturated rings. The number of halogens is 2. The van der Waals surface area contributed by atoms with E-state index in [1.165, 1.54) is 25.7 Å². The molecular formula is C20H23BrClN3O2. The molecule has 0 spiro atoms. The van der Waals surface area contributed by atoms with Crippen LogP contribution in [0.25, 0.3) is 0 Å². The van der Waals surface area contributed by atoms with Crippen LogP contribution in [0.15, 0.2) is 34.9 Å². The standard InChI is InChI=1S/C20H23BrClN3O2/c1-12(16-9-13-2-3-14(16)8-13)23-20(26)18-6-7-25(24-18)11-27-19-5-4-15(21)10-17(19)22/h4-7,10,12-14,16H,2-3,8-9,11H2,1H3,(H,23,26). The van der Waals surface area contributed by atoms with Crippen LogP contribution < -0.4 is 10.1 Å². The average Bonchev–Trinajstić information content (AvgIpc) is 3.37. The predicted molar refractivity (Wildman–Crippen MR) is 108 cm³/mol. The highest BCUT2D eigenvalue weighted by molar-refractivity contribution is 9.10. The molecule has 2 saturated carbocycles. The molecule has 7 heteroatoms. The molecule has 1 aromatic carbocycles. The van der Waals surface area contributed by atoms with Gasteiger partial charge >= 0.3 is 0 Å². The van der Waals surface area contributed by atoms with Crippen LogP contribution in [0.2, 0.25) is 5.02 Å². The quantitative estimate of drug-likeness (QED) is 0.679. The molecule has 0 aliphatic heterocycles. The molecular weight excluding hydrogens is 430 g/mol. The lowest BCUT2D eigenvalue weighted by molar-refractivity contribution is 0.0908. The van der Waals surface area contributed by atoms with Gasteiger partial charge in [0.15, 0.2) is 6.73 Å². The molecule has 0 radical (unpaired) electrons. The molecule has 1 heterocycles. The average molecular weight is 453 g/mol. The van der Waals surface area contributed by atoms with Gasteiger partial charge in [-0.25, -0.2) is 4.68 Å². The first kappa shape index (κ1) is 18.8. The van der Waals surface area contributed by atoms with Crippen LogP contribution in [0.3, 0.4) is 0 Å². The monoisotopic (exact) mass is 451 g/mol. The topological polar surface area (TPSA) is 56.2 Å². The first-order chi connectivity index (χ1) is 13.0. The van der Waals surface area contributed by atoms with E-state index in [2.05, 4.69) is 33.3 Å². The van der Waals surface area contributed by atoms with Gasteiger partial charge in [-0.2, -0.15) is 5.10 Å². The Morgan fingerprint density at radius 2 is 2.26 bits per heavy atom. The van der Waals surface area contributed by atoms with Crippen LogP contribution in [0.1, 0.15) is 43.1 Å². The third kappa shape index (κ3) is 4.16. The van der Waals surface area contributed by atoms with Gasteiger partial charge in [-0.1, -0.05) is 34.0 Å². The molecule has 27 heavy (non-hydrogen) atoms. The lowest BCUT2D eigenvalue weighted by atomic mass is 9.84. The van der Waals surface area contributed by atoms with Crippen LogP contribution >= 0.6 is 27.5 Å². The smallest absolute Gasteiger partial charge is 0.271 e. The van der Waals surface area contributed by atoms with Gasteiger partial charge in [-0.15, -0.1) is 0 Å². The number of aromatic nitrogens is 2. The fourth-order valence-electron chi connectivity index (χ4n) is 4.58. The number of hydrogen-bond acceptors (Lipinski definition) is 3. The van der Waals surface area contributed by atoms with E-state index < -0.39 is 0 Å². The highest BCUT2D eigenvalue weighted by Crippen LogP contribution is 2.49. The Bertz CT molecular complexity index is 840. The van der Waals surface area contributed by atoms with Gasteiger partial charge in [0.2, 0.25) is 0 Å². The second-order valence-corrected chi connectivity index (χ2v) is 9.01. The summed E-state index contributed by atoms with van der Waals surface area (Å²) in [6.45, 7) is 2.31. The van der Waals surface area contributed by atoms with Gasteiger partial charge in [0.25, 0.3) is 5.91 Å². The van der Waals surface area contributed by atoms with Gasteiger partial charge in [0.1, 0.15) is 11.4 Å². The molecule has 0 saturated heterocycles. The number of nitrogens with zero attached hydrogens (tertiary/aromatic N) is 2. The minimum atomic E-state index is -0.120. The van der Waals surface area contributed by atoms with E-state index in [9.17, 15) is 4.79 Å². The second-order valence-electron chi connectivity index (χ2n) is 7.69. The molecule has 2 aromatic rings. The lowest BCUT2D eigenvalue weighted by Gasteiger charge is -2.28. The Labute approximate surface area is 172 Å². The number of hydrogen-bond donors (Lipinski definition) is 1. The predicted octanol–water partition coefficient (Wildman–Crippen LogP) is 4.89. The zero-order chi connectivity index (χ0) is 19.0. The molecule has 5 nitrogen and oxygen atoms in total. The van der Waals surface area contributed by atoms with E-state index in [0.717, 1.165) is 16.3 Å². The Morgan fingerprint density at radius 1 is 1.41 bits per heavy atom. The zero-order valence-electron chi connectivity index (χ0n) is 15.2. The van der Waals surface area contributed by atoms with Gasteiger partial charge in [-0.05, 0) is 68.2 Å². The molecule has 2 aliphatic rings. The lowest BCUT2D eigenvalue weighted by Crippen LogP contribution is -2.40. The minimum Gasteiger partial charge on any atom is -0.470 e. The van der Waals surface area contributed by atoms with Crippen molar-refractivity contribution in [3.63, 3.8) is 0 Å². The van der Waals surface area contributed by atoms with E-state index in [1.54, 1.807) is 29.1 Å². The van der Waals surface area contributed by atoms with E-state index in [1.807, 2.05) is 6.07 Å². The maximum atomic E-state index is 12.5.